The third kappa shape index (κ3) is 4.98. The zero-order valence-electron chi connectivity index (χ0n) is 18.3. The van der Waals surface area contributed by atoms with E-state index in [1.165, 1.54) is 0 Å². The molecule has 2 aromatic carbocycles. The van der Waals surface area contributed by atoms with Crippen molar-refractivity contribution in [2.75, 3.05) is 39.8 Å². The lowest BCUT2D eigenvalue weighted by molar-refractivity contribution is 0.0636. The fourth-order valence-electron chi connectivity index (χ4n) is 3.93. The first-order valence-corrected chi connectivity index (χ1v) is 10.9. The number of unbranched alkanes of at least 4 members (excludes halogenated alkanes) is 1. The number of H-pyrrole nitrogens is 1. The average Bonchev–Trinajstić information content (AvgIpc) is 3.35. The van der Waals surface area contributed by atoms with Crippen LogP contribution in [0.15, 0.2) is 54.6 Å². The van der Waals surface area contributed by atoms with Gasteiger partial charge in [-0.15, -0.1) is 0 Å². The zero-order chi connectivity index (χ0) is 22.3. The molecule has 1 saturated heterocycles. The molecule has 0 aliphatic carbocycles. The molecular weight excluding hydrogens is 402 g/mol. The standard InChI is InChI=1S/C25H27N5O2/c1-32-22-6-4-5-21(17-22)24-18-23(27-28-24)19-7-9-20(10-8-19)25(31)30-15-13-29(14-16-30)12-3-2-11-26/h4-10,17-18H,2-3,12-16H2,1H3,(H,27,28). The number of nitrogens with one attached hydrogen (secondary N) is 1. The van der Waals surface area contributed by atoms with Crippen molar-refractivity contribution in [1.29, 1.82) is 5.26 Å². The molecule has 164 valence electrons. The Labute approximate surface area is 188 Å². The van der Waals surface area contributed by atoms with Crippen LogP contribution in [0, 0.1) is 11.3 Å². The molecule has 1 aliphatic heterocycles. The van der Waals surface area contributed by atoms with Gasteiger partial charge >= 0.3 is 0 Å². The Morgan fingerprint density at radius 2 is 1.88 bits per heavy atom. The van der Waals surface area contributed by atoms with E-state index in [9.17, 15) is 4.79 Å². The largest absolute Gasteiger partial charge is 0.497 e. The van der Waals surface area contributed by atoms with Gasteiger partial charge in [0, 0.05) is 43.7 Å². The lowest BCUT2D eigenvalue weighted by Gasteiger charge is -2.34. The van der Waals surface area contributed by atoms with Crippen LogP contribution in [0.4, 0.5) is 0 Å². The zero-order valence-corrected chi connectivity index (χ0v) is 18.3. The molecule has 1 fully saturated rings. The Balaban J connectivity index is 1.38. The summed E-state index contributed by atoms with van der Waals surface area (Å²) in [4.78, 5) is 17.1. The molecule has 0 spiro atoms. The van der Waals surface area contributed by atoms with Gasteiger partial charge in [0.2, 0.25) is 0 Å². The maximum atomic E-state index is 12.9. The fourth-order valence-corrected chi connectivity index (χ4v) is 3.93. The van der Waals surface area contributed by atoms with Crippen molar-refractivity contribution >= 4 is 5.91 Å². The van der Waals surface area contributed by atoms with Gasteiger partial charge in [0.1, 0.15) is 5.75 Å². The number of aromatic nitrogens is 2. The van der Waals surface area contributed by atoms with Crippen molar-refractivity contribution in [3.8, 4) is 34.3 Å². The first-order valence-electron chi connectivity index (χ1n) is 10.9. The highest BCUT2D eigenvalue weighted by atomic mass is 16.5. The molecule has 0 saturated carbocycles. The molecule has 0 bridgehead atoms. The molecule has 32 heavy (non-hydrogen) atoms. The van der Waals surface area contributed by atoms with Gasteiger partial charge in [-0.05, 0) is 48.9 Å². The molecule has 1 amide bonds. The highest BCUT2D eigenvalue weighted by Gasteiger charge is 2.22. The summed E-state index contributed by atoms with van der Waals surface area (Å²) < 4.78 is 5.29. The van der Waals surface area contributed by atoms with Crippen molar-refractivity contribution in [3.05, 3.63) is 60.2 Å². The number of hydrogen-bond acceptors (Lipinski definition) is 5. The molecule has 2 heterocycles. The maximum absolute atomic E-state index is 12.9. The van der Waals surface area contributed by atoms with E-state index in [-0.39, 0.29) is 5.91 Å². The van der Waals surface area contributed by atoms with Crippen LogP contribution in [-0.2, 0) is 0 Å². The third-order valence-corrected chi connectivity index (χ3v) is 5.81. The topological polar surface area (TPSA) is 85.2 Å². The van der Waals surface area contributed by atoms with Crippen LogP contribution in [0.25, 0.3) is 22.5 Å². The predicted molar refractivity (Wildman–Crippen MR) is 123 cm³/mol. The summed E-state index contributed by atoms with van der Waals surface area (Å²) in [6.45, 7) is 4.08. The molecule has 3 aromatic rings. The quantitative estimate of drug-likeness (QED) is 0.577. The van der Waals surface area contributed by atoms with Crippen LogP contribution in [0.3, 0.4) is 0 Å². The summed E-state index contributed by atoms with van der Waals surface area (Å²) >= 11 is 0. The number of aromatic amines is 1. The number of rotatable bonds is 7. The van der Waals surface area contributed by atoms with Crippen molar-refractivity contribution in [2.45, 2.75) is 12.8 Å². The van der Waals surface area contributed by atoms with E-state index in [0.717, 1.165) is 67.4 Å². The number of benzene rings is 2. The lowest BCUT2D eigenvalue weighted by Crippen LogP contribution is -2.48. The summed E-state index contributed by atoms with van der Waals surface area (Å²) in [6, 6.07) is 19.6. The molecule has 0 radical (unpaired) electrons. The first-order chi connectivity index (χ1) is 15.7. The highest BCUT2D eigenvalue weighted by molar-refractivity contribution is 5.94. The van der Waals surface area contributed by atoms with Gasteiger partial charge in [-0.1, -0.05) is 24.3 Å². The number of hydrogen-bond donors (Lipinski definition) is 1. The van der Waals surface area contributed by atoms with Crippen molar-refractivity contribution in [2.24, 2.45) is 0 Å². The third-order valence-electron chi connectivity index (χ3n) is 5.81. The number of amides is 1. The van der Waals surface area contributed by atoms with Gasteiger partial charge in [0.25, 0.3) is 5.91 Å². The second-order valence-corrected chi connectivity index (χ2v) is 7.87. The minimum absolute atomic E-state index is 0.0647. The molecule has 1 N–H and O–H groups in total. The van der Waals surface area contributed by atoms with Crippen LogP contribution >= 0.6 is 0 Å². The van der Waals surface area contributed by atoms with Crippen molar-refractivity contribution in [3.63, 3.8) is 0 Å². The summed E-state index contributed by atoms with van der Waals surface area (Å²) in [5.74, 6) is 0.854. The second-order valence-electron chi connectivity index (χ2n) is 7.87. The highest BCUT2D eigenvalue weighted by Crippen LogP contribution is 2.26. The Hall–Kier alpha value is -3.63. The number of nitrogens with zero attached hydrogens (tertiary/aromatic N) is 4. The van der Waals surface area contributed by atoms with Gasteiger partial charge in [0.15, 0.2) is 0 Å². The SMILES string of the molecule is COc1cccc(-c2cc(-c3ccc(C(=O)N4CCN(CCCC#N)CC4)cc3)[nH]n2)c1. The summed E-state index contributed by atoms with van der Waals surface area (Å²) in [5.41, 5.74) is 4.38. The predicted octanol–water partition coefficient (Wildman–Crippen LogP) is 3.81. The summed E-state index contributed by atoms with van der Waals surface area (Å²) in [7, 11) is 1.65. The minimum atomic E-state index is 0.0647. The number of methoxy groups -OCH3 is 1. The van der Waals surface area contributed by atoms with Gasteiger partial charge in [-0.3, -0.25) is 14.8 Å². The fraction of sp³-hybridized carbons (Fsp3) is 0.320. The van der Waals surface area contributed by atoms with Crippen LogP contribution in [0.2, 0.25) is 0 Å². The van der Waals surface area contributed by atoms with Crippen LogP contribution in [0.1, 0.15) is 23.2 Å². The Morgan fingerprint density at radius 3 is 2.59 bits per heavy atom. The van der Waals surface area contributed by atoms with E-state index >= 15 is 0 Å². The van der Waals surface area contributed by atoms with Gasteiger partial charge in [0.05, 0.1) is 24.6 Å². The first kappa shape index (κ1) is 21.6. The summed E-state index contributed by atoms with van der Waals surface area (Å²) in [6.07, 6.45) is 1.47. The van der Waals surface area contributed by atoms with Gasteiger partial charge in [-0.25, -0.2) is 0 Å². The van der Waals surface area contributed by atoms with E-state index in [1.807, 2.05) is 59.5 Å². The number of nitriles is 1. The number of carbonyl (C=O) groups excluding carboxylic acids is 1. The van der Waals surface area contributed by atoms with E-state index in [4.69, 9.17) is 10.00 Å². The number of carbonyl (C=O) groups is 1. The molecular formula is C25H27N5O2. The minimum Gasteiger partial charge on any atom is -0.497 e. The van der Waals surface area contributed by atoms with Crippen molar-refractivity contribution < 1.29 is 9.53 Å². The van der Waals surface area contributed by atoms with Crippen molar-refractivity contribution in [1.82, 2.24) is 20.0 Å². The molecule has 4 rings (SSSR count). The average molecular weight is 430 g/mol. The second kappa shape index (κ2) is 10.1. The smallest absolute Gasteiger partial charge is 0.253 e. The molecule has 1 aromatic heterocycles. The monoisotopic (exact) mass is 429 g/mol. The Morgan fingerprint density at radius 1 is 1.09 bits per heavy atom. The normalized spacial score (nSPS) is 14.2. The molecule has 7 nitrogen and oxygen atoms in total. The lowest BCUT2D eigenvalue weighted by atomic mass is 10.1. The number of ether oxygens (including phenoxy) is 1. The number of piperazine rings is 1. The van der Waals surface area contributed by atoms with E-state index in [1.54, 1.807) is 7.11 Å². The van der Waals surface area contributed by atoms with Crippen LogP contribution in [-0.4, -0.2) is 65.7 Å². The molecule has 0 unspecified atom stereocenters. The Bertz CT molecular complexity index is 1090. The van der Waals surface area contributed by atoms with E-state index < -0.39 is 0 Å². The Kier molecular flexibility index (Phi) is 6.83. The van der Waals surface area contributed by atoms with Gasteiger partial charge in [-0.2, -0.15) is 10.4 Å². The van der Waals surface area contributed by atoms with Gasteiger partial charge < -0.3 is 9.64 Å². The van der Waals surface area contributed by atoms with E-state index in [0.29, 0.717) is 12.0 Å². The molecule has 1 aliphatic rings. The van der Waals surface area contributed by atoms with E-state index in [2.05, 4.69) is 21.2 Å². The summed E-state index contributed by atoms with van der Waals surface area (Å²) in [5, 5.41) is 16.2. The molecule has 0 atom stereocenters. The van der Waals surface area contributed by atoms with Crippen LogP contribution < -0.4 is 4.74 Å². The molecule has 7 heteroatoms. The maximum Gasteiger partial charge on any atom is 0.253 e. The van der Waals surface area contributed by atoms with Crippen LogP contribution in [0.5, 0.6) is 5.75 Å².